The molecular formula is C19H25NO5. The van der Waals surface area contributed by atoms with Crippen LogP contribution in [0.25, 0.3) is 0 Å². The van der Waals surface area contributed by atoms with Gasteiger partial charge in [-0.3, -0.25) is 4.79 Å². The van der Waals surface area contributed by atoms with Gasteiger partial charge in [0.05, 0.1) is 0 Å². The van der Waals surface area contributed by atoms with Crippen LogP contribution in [0, 0.1) is 11.8 Å². The minimum absolute atomic E-state index is 0.0331. The molecular weight excluding hydrogens is 322 g/mol. The Balaban J connectivity index is 1.83. The number of ether oxygens (including phenoxy) is 2. The number of methoxy groups -OCH3 is 2. The first-order chi connectivity index (χ1) is 12.0. The summed E-state index contributed by atoms with van der Waals surface area (Å²) in [5.74, 6) is -1.90. The highest BCUT2D eigenvalue weighted by molar-refractivity contribution is 5.87. The topological polar surface area (TPSA) is 76.1 Å². The van der Waals surface area contributed by atoms with E-state index in [1.54, 1.807) is 14.2 Å². The number of rotatable bonds is 5. The van der Waals surface area contributed by atoms with Crippen molar-refractivity contribution >= 4 is 11.9 Å². The molecule has 1 saturated heterocycles. The first kappa shape index (κ1) is 17.9. The highest BCUT2D eigenvalue weighted by Crippen LogP contribution is 2.45. The first-order valence-corrected chi connectivity index (χ1v) is 8.67. The van der Waals surface area contributed by atoms with Crippen molar-refractivity contribution in [3.05, 3.63) is 35.9 Å². The SMILES string of the molecule is COC1(OC)CCC2C(=O)N(Cc3ccccc3)[C@@H](C(=O)O)CC2C1. The van der Waals surface area contributed by atoms with Crippen molar-refractivity contribution in [1.82, 2.24) is 4.90 Å². The normalized spacial score (nSPS) is 28.5. The van der Waals surface area contributed by atoms with Gasteiger partial charge in [0.2, 0.25) is 5.91 Å². The molecule has 3 rings (SSSR count). The summed E-state index contributed by atoms with van der Waals surface area (Å²) in [5.41, 5.74) is 0.944. The standard InChI is InChI=1S/C19H25NO5/c1-24-19(25-2)9-8-15-14(11-19)10-16(18(22)23)20(17(15)21)12-13-6-4-3-5-7-13/h3-7,14-16H,8-12H2,1-2H3,(H,22,23)/t14?,15?,16-/m1/s1. The number of carboxylic acids is 1. The number of hydrogen-bond donors (Lipinski definition) is 1. The molecule has 1 aliphatic heterocycles. The summed E-state index contributed by atoms with van der Waals surface area (Å²) in [6, 6.07) is 8.73. The number of nitrogens with zero attached hydrogens (tertiary/aromatic N) is 1. The summed E-state index contributed by atoms with van der Waals surface area (Å²) in [5, 5.41) is 9.68. The number of carbonyl (C=O) groups is 2. The number of piperidine rings is 1. The van der Waals surface area contributed by atoms with Gasteiger partial charge in [-0.1, -0.05) is 30.3 Å². The van der Waals surface area contributed by atoms with Gasteiger partial charge in [-0.05, 0) is 24.3 Å². The van der Waals surface area contributed by atoms with Crippen LogP contribution in [-0.4, -0.2) is 47.9 Å². The maximum atomic E-state index is 13.0. The smallest absolute Gasteiger partial charge is 0.326 e. The zero-order chi connectivity index (χ0) is 18.0. The van der Waals surface area contributed by atoms with E-state index in [1.807, 2.05) is 30.3 Å². The Bertz CT molecular complexity index is 628. The van der Waals surface area contributed by atoms with E-state index in [0.29, 0.717) is 32.2 Å². The van der Waals surface area contributed by atoms with Crippen LogP contribution in [0.1, 0.15) is 31.2 Å². The van der Waals surface area contributed by atoms with Crippen LogP contribution in [0.15, 0.2) is 30.3 Å². The molecule has 1 heterocycles. The zero-order valence-electron chi connectivity index (χ0n) is 14.7. The van der Waals surface area contributed by atoms with Crippen molar-refractivity contribution in [3.8, 4) is 0 Å². The number of likely N-dealkylation sites (tertiary alicyclic amines) is 1. The largest absolute Gasteiger partial charge is 0.480 e. The van der Waals surface area contributed by atoms with Crippen LogP contribution in [0.4, 0.5) is 0 Å². The molecule has 1 N–H and O–H groups in total. The van der Waals surface area contributed by atoms with Gasteiger partial charge in [-0.15, -0.1) is 0 Å². The van der Waals surface area contributed by atoms with Gasteiger partial charge >= 0.3 is 5.97 Å². The predicted molar refractivity (Wildman–Crippen MR) is 90.6 cm³/mol. The number of amides is 1. The molecule has 25 heavy (non-hydrogen) atoms. The van der Waals surface area contributed by atoms with Crippen LogP contribution in [0.3, 0.4) is 0 Å². The maximum absolute atomic E-state index is 13.0. The predicted octanol–water partition coefficient (Wildman–Crippen LogP) is 2.28. The molecule has 3 atom stereocenters. The van der Waals surface area contributed by atoms with Crippen molar-refractivity contribution < 1.29 is 24.2 Å². The highest BCUT2D eigenvalue weighted by Gasteiger charge is 2.51. The molecule has 2 fully saturated rings. The molecule has 1 saturated carbocycles. The molecule has 0 aromatic heterocycles. The van der Waals surface area contributed by atoms with Crippen LogP contribution in [-0.2, 0) is 25.6 Å². The fraction of sp³-hybridized carbons (Fsp3) is 0.579. The lowest BCUT2D eigenvalue weighted by Gasteiger charge is -2.48. The van der Waals surface area contributed by atoms with Crippen LogP contribution in [0.5, 0.6) is 0 Å². The Morgan fingerprint density at radius 1 is 1.28 bits per heavy atom. The number of carbonyl (C=O) groups excluding carboxylic acids is 1. The summed E-state index contributed by atoms with van der Waals surface area (Å²) in [7, 11) is 3.20. The highest BCUT2D eigenvalue weighted by atomic mass is 16.7. The molecule has 2 unspecified atom stereocenters. The molecule has 0 radical (unpaired) electrons. The lowest BCUT2D eigenvalue weighted by Crippen LogP contribution is -2.57. The Labute approximate surface area is 147 Å². The Morgan fingerprint density at radius 3 is 2.56 bits per heavy atom. The van der Waals surface area contributed by atoms with Crippen molar-refractivity contribution in [2.75, 3.05) is 14.2 Å². The van der Waals surface area contributed by atoms with Gasteiger partial charge in [0, 0.05) is 39.5 Å². The molecule has 6 heteroatoms. The minimum atomic E-state index is -0.950. The van der Waals surface area contributed by atoms with Crippen molar-refractivity contribution in [1.29, 1.82) is 0 Å². The maximum Gasteiger partial charge on any atom is 0.326 e. The molecule has 136 valence electrons. The van der Waals surface area contributed by atoms with Crippen LogP contribution < -0.4 is 0 Å². The number of aliphatic carboxylic acids is 1. The van der Waals surface area contributed by atoms with Crippen molar-refractivity contribution in [2.45, 2.75) is 44.1 Å². The number of fused-ring (bicyclic) bond motifs is 1. The van der Waals surface area contributed by atoms with E-state index < -0.39 is 17.8 Å². The third-order valence-corrected chi connectivity index (χ3v) is 5.71. The van der Waals surface area contributed by atoms with Gasteiger partial charge < -0.3 is 19.5 Å². The third kappa shape index (κ3) is 3.41. The van der Waals surface area contributed by atoms with E-state index in [2.05, 4.69) is 0 Å². The first-order valence-electron chi connectivity index (χ1n) is 8.67. The Kier molecular flexibility index (Phi) is 5.11. The summed E-state index contributed by atoms with van der Waals surface area (Å²) in [4.78, 5) is 26.4. The summed E-state index contributed by atoms with van der Waals surface area (Å²) < 4.78 is 11.1. The molecule has 1 amide bonds. The molecule has 0 spiro atoms. The van der Waals surface area contributed by atoms with Crippen molar-refractivity contribution in [3.63, 3.8) is 0 Å². The molecule has 0 bridgehead atoms. The average Bonchev–Trinajstić information content (AvgIpc) is 2.64. The Hall–Kier alpha value is -1.92. The average molecular weight is 347 g/mol. The zero-order valence-corrected chi connectivity index (χ0v) is 14.7. The lowest BCUT2D eigenvalue weighted by atomic mass is 9.70. The van der Waals surface area contributed by atoms with Gasteiger partial charge in [0.15, 0.2) is 5.79 Å². The fourth-order valence-electron chi connectivity index (χ4n) is 4.26. The Morgan fingerprint density at radius 2 is 1.96 bits per heavy atom. The minimum Gasteiger partial charge on any atom is -0.480 e. The molecule has 2 aliphatic rings. The fourth-order valence-corrected chi connectivity index (χ4v) is 4.26. The number of hydrogen-bond acceptors (Lipinski definition) is 4. The monoisotopic (exact) mass is 347 g/mol. The van der Waals surface area contributed by atoms with Gasteiger partial charge in [-0.25, -0.2) is 4.79 Å². The second-order valence-corrected chi connectivity index (χ2v) is 6.97. The summed E-state index contributed by atoms with van der Waals surface area (Å²) >= 11 is 0. The van der Waals surface area contributed by atoms with E-state index in [-0.39, 0.29) is 17.7 Å². The molecule has 1 aliphatic carbocycles. The van der Waals surface area contributed by atoms with E-state index >= 15 is 0 Å². The third-order valence-electron chi connectivity index (χ3n) is 5.71. The second-order valence-electron chi connectivity index (χ2n) is 6.97. The molecule has 6 nitrogen and oxygen atoms in total. The van der Waals surface area contributed by atoms with E-state index in [9.17, 15) is 14.7 Å². The van der Waals surface area contributed by atoms with Gasteiger partial charge in [-0.2, -0.15) is 0 Å². The summed E-state index contributed by atoms with van der Waals surface area (Å²) in [6.45, 7) is 0.333. The van der Waals surface area contributed by atoms with E-state index in [4.69, 9.17) is 9.47 Å². The summed E-state index contributed by atoms with van der Waals surface area (Å²) in [6.07, 6.45) is 2.29. The van der Waals surface area contributed by atoms with Crippen LogP contribution >= 0.6 is 0 Å². The molecule has 1 aromatic rings. The van der Waals surface area contributed by atoms with E-state index in [1.165, 1.54) is 4.90 Å². The van der Waals surface area contributed by atoms with Crippen LogP contribution in [0.2, 0.25) is 0 Å². The van der Waals surface area contributed by atoms with Gasteiger partial charge in [0.25, 0.3) is 0 Å². The van der Waals surface area contributed by atoms with Crippen molar-refractivity contribution in [2.24, 2.45) is 11.8 Å². The number of carboxylic acid groups (broad SMARTS) is 1. The van der Waals surface area contributed by atoms with Gasteiger partial charge in [0.1, 0.15) is 6.04 Å². The second kappa shape index (κ2) is 7.14. The molecule has 1 aromatic carbocycles. The number of benzene rings is 1. The lowest BCUT2D eigenvalue weighted by molar-refractivity contribution is -0.241. The quantitative estimate of drug-likeness (QED) is 0.827. The van der Waals surface area contributed by atoms with E-state index in [0.717, 1.165) is 5.56 Å².